The standard InChI is InChI=1S/C13H18ClN3O/c1-9-5-7-17(8-6-9)11-4-3-10(12(14)16-11)13(18)15-2/h3-4,9H,5-8H2,1-2H3,(H,15,18). The number of amides is 1. The van der Waals surface area contributed by atoms with E-state index in [1.807, 2.05) is 6.07 Å². The molecule has 1 aliphatic rings. The maximum Gasteiger partial charge on any atom is 0.254 e. The highest BCUT2D eigenvalue weighted by atomic mass is 35.5. The first kappa shape index (κ1) is 13.1. The van der Waals surface area contributed by atoms with Gasteiger partial charge in [-0.3, -0.25) is 4.79 Å². The highest BCUT2D eigenvalue weighted by molar-refractivity contribution is 6.32. The first-order valence-corrected chi connectivity index (χ1v) is 6.63. The first-order chi connectivity index (χ1) is 8.61. The number of carbonyl (C=O) groups is 1. The summed E-state index contributed by atoms with van der Waals surface area (Å²) >= 11 is 6.05. The van der Waals surface area contributed by atoms with E-state index in [2.05, 4.69) is 22.1 Å². The zero-order valence-electron chi connectivity index (χ0n) is 10.7. The Labute approximate surface area is 112 Å². The van der Waals surface area contributed by atoms with E-state index < -0.39 is 0 Å². The second kappa shape index (κ2) is 5.57. The number of nitrogens with one attached hydrogen (secondary N) is 1. The number of piperidine rings is 1. The lowest BCUT2D eigenvalue weighted by Crippen LogP contribution is -2.33. The molecular weight excluding hydrogens is 250 g/mol. The summed E-state index contributed by atoms with van der Waals surface area (Å²) in [5.41, 5.74) is 0.424. The molecule has 1 aliphatic heterocycles. The number of anilines is 1. The van der Waals surface area contributed by atoms with Gasteiger partial charge in [-0.25, -0.2) is 4.98 Å². The van der Waals surface area contributed by atoms with Crippen molar-refractivity contribution >= 4 is 23.3 Å². The SMILES string of the molecule is CNC(=O)c1ccc(N2CCC(C)CC2)nc1Cl. The lowest BCUT2D eigenvalue weighted by Gasteiger charge is -2.31. The van der Waals surface area contributed by atoms with Crippen molar-refractivity contribution in [2.24, 2.45) is 5.92 Å². The third kappa shape index (κ3) is 2.75. The molecule has 0 spiro atoms. The molecule has 2 rings (SSSR count). The van der Waals surface area contributed by atoms with E-state index in [0.717, 1.165) is 24.8 Å². The fraction of sp³-hybridized carbons (Fsp3) is 0.538. The number of aromatic nitrogens is 1. The van der Waals surface area contributed by atoms with Crippen molar-refractivity contribution in [3.05, 3.63) is 22.8 Å². The Kier molecular flexibility index (Phi) is 4.07. The monoisotopic (exact) mass is 267 g/mol. The van der Waals surface area contributed by atoms with Crippen molar-refractivity contribution in [2.45, 2.75) is 19.8 Å². The molecule has 0 atom stereocenters. The number of carbonyl (C=O) groups excluding carboxylic acids is 1. The van der Waals surface area contributed by atoms with Crippen LogP contribution in [0.2, 0.25) is 5.15 Å². The molecule has 0 aromatic carbocycles. The maximum absolute atomic E-state index is 11.5. The van der Waals surface area contributed by atoms with E-state index >= 15 is 0 Å². The van der Waals surface area contributed by atoms with Crippen molar-refractivity contribution < 1.29 is 4.79 Å². The zero-order valence-corrected chi connectivity index (χ0v) is 11.5. The molecule has 0 saturated carbocycles. The van der Waals surface area contributed by atoms with Crippen LogP contribution in [-0.2, 0) is 0 Å². The topological polar surface area (TPSA) is 45.2 Å². The van der Waals surface area contributed by atoms with Gasteiger partial charge in [0, 0.05) is 20.1 Å². The number of hydrogen-bond acceptors (Lipinski definition) is 3. The number of hydrogen-bond donors (Lipinski definition) is 1. The Bertz CT molecular complexity index is 442. The van der Waals surface area contributed by atoms with Gasteiger partial charge in [-0.2, -0.15) is 0 Å². The highest BCUT2D eigenvalue weighted by Gasteiger charge is 2.18. The van der Waals surface area contributed by atoms with Gasteiger partial charge < -0.3 is 10.2 Å². The van der Waals surface area contributed by atoms with E-state index in [0.29, 0.717) is 5.56 Å². The Hall–Kier alpha value is -1.29. The summed E-state index contributed by atoms with van der Waals surface area (Å²) in [7, 11) is 1.58. The summed E-state index contributed by atoms with van der Waals surface area (Å²) in [5, 5.41) is 2.82. The molecule has 1 saturated heterocycles. The molecule has 0 radical (unpaired) electrons. The van der Waals surface area contributed by atoms with Gasteiger partial charge in [0.05, 0.1) is 5.56 Å². The molecule has 1 N–H and O–H groups in total. The highest BCUT2D eigenvalue weighted by Crippen LogP contribution is 2.24. The Morgan fingerprint density at radius 1 is 1.44 bits per heavy atom. The van der Waals surface area contributed by atoms with Crippen LogP contribution in [-0.4, -0.2) is 31.0 Å². The lowest BCUT2D eigenvalue weighted by atomic mass is 9.99. The van der Waals surface area contributed by atoms with Gasteiger partial charge in [-0.1, -0.05) is 18.5 Å². The van der Waals surface area contributed by atoms with Crippen LogP contribution in [0.15, 0.2) is 12.1 Å². The summed E-state index contributed by atoms with van der Waals surface area (Å²) in [6.07, 6.45) is 2.35. The minimum atomic E-state index is -0.202. The molecule has 1 aromatic heterocycles. The molecule has 0 unspecified atom stereocenters. The van der Waals surface area contributed by atoms with E-state index in [-0.39, 0.29) is 11.1 Å². The van der Waals surface area contributed by atoms with Crippen LogP contribution < -0.4 is 10.2 Å². The molecule has 1 fully saturated rings. The van der Waals surface area contributed by atoms with E-state index in [1.165, 1.54) is 12.8 Å². The van der Waals surface area contributed by atoms with E-state index in [9.17, 15) is 4.79 Å². The number of halogens is 1. The predicted molar refractivity (Wildman–Crippen MR) is 73.2 cm³/mol. The lowest BCUT2D eigenvalue weighted by molar-refractivity contribution is 0.0963. The number of rotatable bonds is 2. The molecule has 98 valence electrons. The fourth-order valence-corrected chi connectivity index (χ4v) is 2.38. The quantitative estimate of drug-likeness (QED) is 0.837. The summed E-state index contributed by atoms with van der Waals surface area (Å²) in [5.74, 6) is 1.44. The third-order valence-corrected chi connectivity index (χ3v) is 3.70. The van der Waals surface area contributed by atoms with Gasteiger partial charge in [0.25, 0.3) is 5.91 Å². The average molecular weight is 268 g/mol. The molecule has 18 heavy (non-hydrogen) atoms. The molecule has 1 amide bonds. The zero-order chi connectivity index (χ0) is 13.1. The van der Waals surface area contributed by atoms with Crippen LogP contribution >= 0.6 is 11.6 Å². The largest absolute Gasteiger partial charge is 0.357 e. The van der Waals surface area contributed by atoms with Crippen LogP contribution in [0.5, 0.6) is 0 Å². The fourth-order valence-electron chi connectivity index (χ4n) is 2.14. The predicted octanol–water partition coefficient (Wildman–Crippen LogP) is 2.33. The molecule has 1 aromatic rings. The minimum absolute atomic E-state index is 0.202. The van der Waals surface area contributed by atoms with E-state index in [1.54, 1.807) is 13.1 Å². The molecule has 5 heteroatoms. The molecule has 0 aliphatic carbocycles. The Morgan fingerprint density at radius 2 is 2.11 bits per heavy atom. The summed E-state index contributed by atoms with van der Waals surface area (Å²) in [6, 6.07) is 3.61. The van der Waals surface area contributed by atoms with Gasteiger partial charge in [0.2, 0.25) is 0 Å². The van der Waals surface area contributed by atoms with Crippen molar-refractivity contribution in [1.82, 2.24) is 10.3 Å². The second-order valence-electron chi connectivity index (χ2n) is 4.76. The van der Waals surface area contributed by atoms with Gasteiger partial charge in [0.1, 0.15) is 11.0 Å². The van der Waals surface area contributed by atoms with Crippen LogP contribution in [0.25, 0.3) is 0 Å². The van der Waals surface area contributed by atoms with Crippen molar-refractivity contribution in [2.75, 3.05) is 25.0 Å². The first-order valence-electron chi connectivity index (χ1n) is 6.25. The van der Waals surface area contributed by atoms with Crippen LogP contribution in [0.3, 0.4) is 0 Å². The van der Waals surface area contributed by atoms with Crippen molar-refractivity contribution in [3.8, 4) is 0 Å². The maximum atomic E-state index is 11.5. The number of pyridine rings is 1. The summed E-state index contributed by atoms with van der Waals surface area (Å²) < 4.78 is 0. The summed E-state index contributed by atoms with van der Waals surface area (Å²) in [6.45, 7) is 4.28. The summed E-state index contributed by atoms with van der Waals surface area (Å²) in [4.78, 5) is 18.1. The van der Waals surface area contributed by atoms with Crippen molar-refractivity contribution in [3.63, 3.8) is 0 Å². The smallest absolute Gasteiger partial charge is 0.254 e. The average Bonchev–Trinajstić information content (AvgIpc) is 2.38. The molecule has 0 bridgehead atoms. The normalized spacial score (nSPS) is 16.7. The van der Waals surface area contributed by atoms with Crippen molar-refractivity contribution in [1.29, 1.82) is 0 Å². The van der Waals surface area contributed by atoms with Gasteiger partial charge in [-0.15, -0.1) is 0 Å². The number of nitrogens with zero attached hydrogens (tertiary/aromatic N) is 2. The van der Waals surface area contributed by atoms with Crippen LogP contribution in [0, 0.1) is 5.92 Å². The van der Waals surface area contributed by atoms with Crippen LogP contribution in [0.1, 0.15) is 30.1 Å². The van der Waals surface area contributed by atoms with Gasteiger partial charge in [0.15, 0.2) is 0 Å². The Balaban J connectivity index is 2.16. The Morgan fingerprint density at radius 3 is 2.67 bits per heavy atom. The molecular formula is C13H18ClN3O. The second-order valence-corrected chi connectivity index (χ2v) is 5.11. The van der Waals surface area contributed by atoms with Crippen LogP contribution in [0.4, 0.5) is 5.82 Å². The van der Waals surface area contributed by atoms with Gasteiger partial charge >= 0.3 is 0 Å². The molecule has 2 heterocycles. The minimum Gasteiger partial charge on any atom is -0.357 e. The van der Waals surface area contributed by atoms with E-state index in [4.69, 9.17) is 11.6 Å². The van der Waals surface area contributed by atoms with Gasteiger partial charge in [-0.05, 0) is 30.9 Å². The molecule has 4 nitrogen and oxygen atoms in total. The third-order valence-electron chi connectivity index (χ3n) is 3.41.